The number of rotatable bonds is 18. The highest BCUT2D eigenvalue weighted by Gasteiger charge is 2.32. The van der Waals surface area contributed by atoms with E-state index in [2.05, 4.69) is 38.1 Å². The molecule has 1 heterocycles. The molecule has 5 rings (SSSR count). The number of nitrogens with one attached hydrogen (secondary N) is 2. The lowest BCUT2D eigenvalue weighted by Crippen LogP contribution is -2.24. The summed E-state index contributed by atoms with van der Waals surface area (Å²) < 4.78 is 89.2. The number of unbranched alkanes of at least 4 members (excludes halogenated alkanes) is 6. The van der Waals surface area contributed by atoms with E-state index in [4.69, 9.17) is 4.74 Å². The van der Waals surface area contributed by atoms with E-state index in [-0.39, 0.29) is 40.2 Å². The van der Waals surface area contributed by atoms with Crippen molar-refractivity contribution in [3.8, 4) is 28.0 Å². The molecule has 4 aromatic carbocycles. The monoisotopic (exact) mass is 737 g/mol. The van der Waals surface area contributed by atoms with Gasteiger partial charge in [0.15, 0.2) is 5.82 Å². The van der Waals surface area contributed by atoms with Crippen molar-refractivity contribution >= 4 is 5.91 Å². The Kier molecular flexibility index (Phi) is 13.6. The number of carbonyl (C=O) groups excluding carboxylic acids is 1. The number of aryl methyl sites for hydroxylation is 2. The van der Waals surface area contributed by atoms with Gasteiger partial charge in [0, 0.05) is 29.7 Å². The summed E-state index contributed by atoms with van der Waals surface area (Å²) in [5.41, 5.74) is 0.0331. The Morgan fingerprint density at radius 1 is 0.660 bits per heavy atom. The van der Waals surface area contributed by atoms with Gasteiger partial charge >= 0.3 is 12.4 Å². The van der Waals surface area contributed by atoms with Crippen molar-refractivity contribution in [1.29, 1.82) is 0 Å². The van der Waals surface area contributed by atoms with Gasteiger partial charge in [-0.15, -0.1) is 10.2 Å². The average Bonchev–Trinajstić information content (AvgIpc) is 3.67. The molecule has 0 aliphatic carbocycles. The SMILES string of the molecule is O=C(NCCCCCCCCc1ccccc1)c1cc(-c2cccc(C(F)(F)F)c2)c(OCCCCc2nn[nH]n2)c(-c2cccc(C(F)(F)F)c2)c1. The first-order valence-corrected chi connectivity index (χ1v) is 17.7. The fourth-order valence-electron chi connectivity index (χ4n) is 6.03. The van der Waals surface area contributed by atoms with Crippen LogP contribution in [0.1, 0.15) is 84.2 Å². The zero-order valence-corrected chi connectivity index (χ0v) is 29.1. The summed E-state index contributed by atoms with van der Waals surface area (Å²) in [7, 11) is 0. The number of hydrogen-bond acceptors (Lipinski definition) is 5. The van der Waals surface area contributed by atoms with Gasteiger partial charge in [-0.05, 0) is 85.2 Å². The zero-order chi connectivity index (χ0) is 37.7. The minimum Gasteiger partial charge on any atom is -0.492 e. The number of nitrogens with zero attached hydrogens (tertiary/aromatic N) is 3. The van der Waals surface area contributed by atoms with Gasteiger partial charge in [-0.1, -0.05) is 85.5 Å². The number of aromatic amines is 1. The molecule has 53 heavy (non-hydrogen) atoms. The first kappa shape index (κ1) is 39.0. The van der Waals surface area contributed by atoms with Crippen LogP contribution in [0, 0.1) is 0 Å². The molecule has 0 fully saturated rings. The molecule has 2 N–H and O–H groups in total. The molecule has 0 bridgehead atoms. The maximum absolute atomic E-state index is 13.8. The lowest BCUT2D eigenvalue weighted by atomic mass is 9.92. The van der Waals surface area contributed by atoms with Crippen molar-refractivity contribution in [2.45, 2.75) is 76.6 Å². The number of hydrogen-bond donors (Lipinski definition) is 2. The Bertz CT molecular complexity index is 1820. The number of halogens is 6. The summed E-state index contributed by atoms with van der Waals surface area (Å²) in [5.74, 6) is 0.0570. The Hall–Kier alpha value is -5.20. The maximum atomic E-state index is 13.8. The van der Waals surface area contributed by atoms with Gasteiger partial charge in [-0.3, -0.25) is 4.79 Å². The normalized spacial score (nSPS) is 11.8. The molecule has 0 saturated carbocycles. The van der Waals surface area contributed by atoms with E-state index in [1.54, 1.807) is 0 Å². The minimum atomic E-state index is -4.66. The smallest absolute Gasteiger partial charge is 0.416 e. The second-order valence-corrected chi connectivity index (χ2v) is 12.8. The summed E-state index contributed by atoms with van der Waals surface area (Å²) in [6.07, 6.45) is -0.868. The molecular formula is C40H41F6N5O2. The molecule has 0 aliphatic rings. The number of carbonyl (C=O) groups is 1. The molecule has 1 aromatic heterocycles. The number of amides is 1. The van der Waals surface area contributed by atoms with Crippen LogP contribution < -0.4 is 10.1 Å². The van der Waals surface area contributed by atoms with Crippen molar-refractivity contribution < 1.29 is 35.9 Å². The molecule has 0 saturated heterocycles. The number of aromatic nitrogens is 4. The van der Waals surface area contributed by atoms with Crippen LogP contribution in [0.2, 0.25) is 0 Å². The second-order valence-electron chi connectivity index (χ2n) is 12.8. The van der Waals surface area contributed by atoms with Crippen LogP contribution in [0.3, 0.4) is 0 Å². The Morgan fingerprint density at radius 3 is 1.83 bits per heavy atom. The summed E-state index contributed by atoms with van der Waals surface area (Å²) in [6.45, 7) is 0.437. The summed E-state index contributed by atoms with van der Waals surface area (Å²) in [5, 5.41) is 16.6. The van der Waals surface area contributed by atoms with Gasteiger partial charge in [0.2, 0.25) is 0 Å². The third-order valence-electron chi connectivity index (χ3n) is 8.80. The van der Waals surface area contributed by atoms with Crippen LogP contribution in [0.25, 0.3) is 22.3 Å². The second kappa shape index (κ2) is 18.5. The van der Waals surface area contributed by atoms with Crippen molar-refractivity contribution in [3.05, 3.63) is 119 Å². The third-order valence-corrected chi connectivity index (χ3v) is 8.80. The molecule has 0 radical (unpaired) electrons. The maximum Gasteiger partial charge on any atom is 0.416 e. The predicted molar refractivity (Wildman–Crippen MR) is 190 cm³/mol. The first-order chi connectivity index (χ1) is 25.5. The lowest BCUT2D eigenvalue weighted by Gasteiger charge is -2.20. The van der Waals surface area contributed by atoms with Crippen LogP contribution in [0.4, 0.5) is 26.3 Å². The number of tetrazole rings is 1. The largest absolute Gasteiger partial charge is 0.492 e. The van der Waals surface area contributed by atoms with Crippen LogP contribution in [-0.4, -0.2) is 39.7 Å². The number of H-pyrrole nitrogens is 1. The topological polar surface area (TPSA) is 92.8 Å². The van der Waals surface area contributed by atoms with Gasteiger partial charge in [0.25, 0.3) is 5.91 Å². The number of ether oxygens (including phenoxy) is 1. The minimum absolute atomic E-state index is 0.0621. The highest BCUT2D eigenvalue weighted by atomic mass is 19.4. The fraction of sp³-hybridized carbons (Fsp3) is 0.350. The molecule has 5 aromatic rings. The van der Waals surface area contributed by atoms with Crippen LogP contribution >= 0.6 is 0 Å². The van der Waals surface area contributed by atoms with E-state index in [9.17, 15) is 31.1 Å². The predicted octanol–water partition coefficient (Wildman–Crippen LogP) is 10.3. The number of benzene rings is 4. The van der Waals surface area contributed by atoms with Crippen LogP contribution in [-0.2, 0) is 25.2 Å². The van der Waals surface area contributed by atoms with Crippen molar-refractivity contribution in [1.82, 2.24) is 25.9 Å². The van der Waals surface area contributed by atoms with E-state index in [1.807, 2.05) is 18.2 Å². The molecule has 1 amide bonds. The molecule has 0 atom stereocenters. The highest BCUT2D eigenvalue weighted by molar-refractivity contribution is 5.99. The van der Waals surface area contributed by atoms with Gasteiger partial charge in [-0.25, -0.2) is 0 Å². The Labute approximate surface area is 304 Å². The van der Waals surface area contributed by atoms with E-state index in [0.29, 0.717) is 31.6 Å². The fourth-order valence-corrected chi connectivity index (χ4v) is 6.03. The van der Waals surface area contributed by atoms with E-state index in [1.165, 1.54) is 42.0 Å². The summed E-state index contributed by atoms with van der Waals surface area (Å²) in [4.78, 5) is 13.6. The standard InChI is InChI=1S/C40H41F6N5O2/c41-39(42,43)32-19-12-17-29(24-32)34-26-31(38(52)47-22-10-4-2-1-3-6-14-28-15-7-5-8-16-28)27-35(30-18-13-20-33(25-30)40(44,45)46)37(34)53-23-11-9-21-36-48-50-51-49-36/h5,7-8,12-13,15-20,24-27H,1-4,6,9-11,14,21-23H2,(H,47,52)(H,48,49,50,51). The van der Waals surface area contributed by atoms with Gasteiger partial charge in [0.1, 0.15) is 5.75 Å². The van der Waals surface area contributed by atoms with Crippen molar-refractivity contribution in [3.63, 3.8) is 0 Å². The molecule has 280 valence electrons. The highest BCUT2D eigenvalue weighted by Crippen LogP contribution is 2.43. The molecule has 0 unspecified atom stereocenters. The lowest BCUT2D eigenvalue weighted by molar-refractivity contribution is -0.138. The third kappa shape index (κ3) is 11.6. The summed E-state index contributed by atoms with van der Waals surface area (Å²) >= 11 is 0. The van der Waals surface area contributed by atoms with Gasteiger partial charge in [0.05, 0.1) is 17.7 Å². The average molecular weight is 738 g/mol. The van der Waals surface area contributed by atoms with Gasteiger partial charge < -0.3 is 10.1 Å². The van der Waals surface area contributed by atoms with Crippen molar-refractivity contribution in [2.24, 2.45) is 0 Å². The molecular weight excluding hydrogens is 696 g/mol. The Morgan fingerprint density at radius 2 is 1.25 bits per heavy atom. The number of alkyl halides is 6. The Balaban J connectivity index is 1.36. The molecule has 0 aliphatic heterocycles. The summed E-state index contributed by atoms with van der Waals surface area (Å²) in [6, 6.07) is 22.3. The van der Waals surface area contributed by atoms with E-state index in [0.717, 1.165) is 69.2 Å². The van der Waals surface area contributed by atoms with Crippen molar-refractivity contribution in [2.75, 3.05) is 13.2 Å². The molecule has 13 heteroatoms. The van der Waals surface area contributed by atoms with E-state index < -0.39 is 29.4 Å². The zero-order valence-electron chi connectivity index (χ0n) is 29.1. The van der Waals surface area contributed by atoms with Crippen LogP contribution in [0.5, 0.6) is 5.75 Å². The first-order valence-electron chi connectivity index (χ1n) is 17.7. The molecule has 7 nitrogen and oxygen atoms in total. The molecule has 0 spiro atoms. The van der Waals surface area contributed by atoms with Gasteiger partial charge in [-0.2, -0.15) is 31.6 Å². The van der Waals surface area contributed by atoms with Crippen LogP contribution in [0.15, 0.2) is 91.0 Å². The van der Waals surface area contributed by atoms with E-state index >= 15 is 0 Å². The quantitative estimate of drug-likeness (QED) is 0.0690.